The molecule has 0 saturated heterocycles. The number of hydrogen-bond acceptors (Lipinski definition) is 4. The van der Waals surface area contributed by atoms with Crippen LogP contribution in [0, 0.1) is 9.39 Å². The first kappa shape index (κ1) is 17.1. The number of carbonyl (C=O) groups excluding carboxylic acids is 1. The van der Waals surface area contributed by atoms with Crippen molar-refractivity contribution in [2.75, 3.05) is 0 Å². The third-order valence-corrected chi connectivity index (χ3v) is 4.64. The van der Waals surface area contributed by atoms with E-state index in [-0.39, 0.29) is 24.1 Å². The van der Waals surface area contributed by atoms with E-state index in [0.717, 1.165) is 41.6 Å². The van der Waals surface area contributed by atoms with Gasteiger partial charge in [-0.2, -0.15) is 0 Å². The van der Waals surface area contributed by atoms with Crippen LogP contribution in [-0.2, 0) is 0 Å². The fraction of sp³-hybridized carbons (Fsp3) is 0.353. The molecule has 1 aromatic carbocycles. The lowest BCUT2D eigenvalue weighted by Crippen LogP contribution is -2.39. The first-order valence-corrected chi connectivity index (χ1v) is 8.88. The van der Waals surface area contributed by atoms with Crippen molar-refractivity contribution in [3.8, 4) is 6.01 Å². The number of amides is 1. The van der Waals surface area contributed by atoms with Crippen LogP contribution in [0.5, 0.6) is 6.01 Å². The summed E-state index contributed by atoms with van der Waals surface area (Å²) in [4.78, 5) is 19.9. The largest absolute Gasteiger partial charge is 0.460 e. The van der Waals surface area contributed by atoms with Crippen molar-refractivity contribution in [1.82, 2.24) is 15.3 Å². The second-order valence-corrected chi connectivity index (χ2v) is 7.00. The van der Waals surface area contributed by atoms with Crippen molar-refractivity contribution in [1.29, 1.82) is 0 Å². The van der Waals surface area contributed by atoms with E-state index < -0.39 is 5.82 Å². The van der Waals surface area contributed by atoms with Crippen LogP contribution in [0.4, 0.5) is 4.39 Å². The van der Waals surface area contributed by atoms with Gasteiger partial charge < -0.3 is 10.1 Å². The lowest BCUT2D eigenvalue weighted by molar-refractivity contribution is 0.0885. The zero-order valence-corrected chi connectivity index (χ0v) is 15.1. The maximum atomic E-state index is 12.8. The van der Waals surface area contributed by atoms with Gasteiger partial charge in [0.1, 0.15) is 6.10 Å². The van der Waals surface area contributed by atoms with E-state index in [1.165, 1.54) is 0 Å². The molecule has 0 spiro atoms. The Kier molecular flexibility index (Phi) is 5.60. The number of halogens is 2. The molecule has 1 aromatic heterocycles. The maximum Gasteiger partial charge on any atom is 0.316 e. The summed E-state index contributed by atoms with van der Waals surface area (Å²) in [7, 11) is 0. The summed E-state index contributed by atoms with van der Waals surface area (Å²) in [5.41, 5.74) is 0.681. The highest BCUT2D eigenvalue weighted by molar-refractivity contribution is 14.1. The molecule has 0 atom stereocenters. The number of carbonyl (C=O) groups is 1. The number of benzene rings is 1. The lowest BCUT2D eigenvalue weighted by atomic mass is 9.92. The summed E-state index contributed by atoms with van der Waals surface area (Å²) in [5.74, 6) is -0.524. The van der Waals surface area contributed by atoms with Crippen LogP contribution in [0.1, 0.15) is 36.0 Å². The van der Waals surface area contributed by atoms with Crippen LogP contribution in [0.25, 0.3) is 0 Å². The highest BCUT2D eigenvalue weighted by atomic mass is 127. The number of nitrogens with zero attached hydrogens (tertiary/aromatic N) is 2. The molecule has 1 N–H and O–H groups in total. The number of hydrogen-bond donors (Lipinski definition) is 1. The van der Waals surface area contributed by atoms with E-state index >= 15 is 0 Å². The van der Waals surface area contributed by atoms with E-state index in [9.17, 15) is 9.18 Å². The van der Waals surface area contributed by atoms with Gasteiger partial charge in [0, 0.05) is 15.2 Å². The van der Waals surface area contributed by atoms with Crippen molar-refractivity contribution < 1.29 is 13.9 Å². The molecule has 2 aromatic rings. The van der Waals surface area contributed by atoms with Crippen molar-refractivity contribution in [3.05, 3.63) is 51.6 Å². The van der Waals surface area contributed by atoms with Gasteiger partial charge in [-0.3, -0.25) is 4.79 Å². The van der Waals surface area contributed by atoms with Gasteiger partial charge in [0.2, 0.25) is 0 Å². The maximum absolute atomic E-state index is 12.8. The summed E-state index contributed by atoms with van der Waals surface area (Å²) >= 11 is 2.19. The second-order valence-electron chi connectivity index (χ2n) is 5.76. The Labute approximate surface area is 153 Å². The van der Waals surface area contributed by atoms with Crippen molar-refractivity contribution in [2.45, 2.75) is 37.8 Å². The molecule has 0 unspecified atom stereocenters. The van der Waals surface area contributed by atoms with Crippen molar-refractivity contribution >= 4 is 28.5 Å². The molecule has 1 aliphatic rings. The van der Waals surface area contributed by atoms with Crippen molar-refractivity contribution in [3.63, 3.8) is 0 Å². The fourth-order valence-electron chi connectivity index (χ4n) is 2.73. The first-order valence-electron chi connectivity index (χ1n) is 7.81. The molecule has 0 bridgehead atoms. The zero-order valence-electron chi connectivity index (χ0n) is 12.9. The van der Waals surface area contributed by atoms with E-state index in [4.69, 9.17) is 4.74 Å². The van der Waals surface area contributed by atoms with E-state index in [2.05, 4.69) is 37.9 Å². The van der Waals surface area contributed by atoms with Gasteiger partial charge in [0.25, 0.3) is 5.91 Å². The molecule has 5 nitrogen and oxygen atoms in total. The van der Waals surface area contributed by atoms with Crippen LogP contribution < -0.4 is 10.1 Å². The van der Waals surface area contributed by atoms with Gasteiger partial charge in [-0.1, -0.05) is 6.07 Å². The molecule has 0 aliphatic heterocycles. The summed E-state index contributed by atoms with van der Waals surface area (Å²) in [5, 5.41) is 3.08. The molecular weight excluding hydrogens is 424 g/mol. The van der Waals surface area contributed by atoms with Crippen molar-refractivity contribution in [2.24, 2.45) is 0 Å². The van der Waals surface area contributed by atoms with Gasteiger partial charge >= 0.3 is 6.01 Å². The smallest absolute Gasteiger partial charge is 0.316 e. The lowest BCUT2D eigenvalue weighted by Gasteiger charge is -2.28. The molecule has 1 fully saturated rings. The number of ether oxygens (including phenoxy) is 1. The molecule has 1 saturated carbocycles. The van der Waals surface area contributed by atoms with Crippen LogP contribution in [0.15, 0.2) is 36.7 Å². The minimum absolute atomic E-state index is 0.00119. The molecular formula is C17H17FIN3O2. The van der Waals surface area contributed by atoms with Gasteiger partial charge in [-0.05, 0) is 66.5 Å². The van der Waals surface area contributed by atoms with Crippen LogP contribution >= 0.6 is 22.6 Å². The standard InChI is InChI=1S/C17H17FIN3O2/c18-12-9-20-17(21-10-12)24-15-6-4-14(5-7-15)22-16(23)11-2-1-3-13(19)8-11/h1-3,8-10,14-15H,4-7H2,(H,22,23). The van der Waals surface area contributed by atoms with Gasteiger partial charge in [-0.25, -0.2) is 14.4 Å². The van der Waals surface area contributed by atoms with E-state index in [1.807, 2.05) is 24.3 Å². The minimum atomic E-state index is -0.482. The average Bonchev–Trinajstić information content (AvgIpc) is 2.59. The Bertz CT molecular complexity index is 703. The number of nitrogens with one attached hydrogen (secondary N) is 1. The predicted octanol–water partition coefficient (Wildman–Crippen LogP) is 3.34. The fourth-order valence-corrected chi connectivity index (χ4v) is 3.28. The monoisotopic (exact) mass is 441 g/mol. The van der Waals surface area contributed by atoms with E-state index in [1.54, 1.807) is 0 Å². The summed E-state index contributed by atoms with van der Waals surface area (Å²) in [6.45, 7) is 0. The molecule has 1 amide bonds. The predicted molar refractivity (Wildman–Crippen MR) is 95.3 cm³/mol. The Morgan fingerprint density at radius 3 is 2.58 bits per heavy atom. The summed E-state index contributed by atoms with van der Waals surface area (Å²) in [6, 6.07) is 7.86. The summed E-state index contributed by atoms with van der Waals surface area (Å²) in [6.07, 6.45) is 5.46. The molecule has 126 valence electrons. The van der Waals surface area contributed by atoms with Crippen LogP contribution in [0.3, 0.4) is 0 Å². The third kappa shape index (κ3) is 4.62. The summed E-state index contributed by atoms with van der Waals surface area (Å²) < 4.78 is 19.5. The second kappa shape index (κ2) is 7.87. The number of rotatable bonds is 4. The topological polar surface area (TPSA) is 64.1 Å². The van der Waals surface area contributed by atoms with Gasteiger partial charge in [0.05, 0.1) is 12.4 Å². The molecule has 3 rings (SSSR count). The normalized spacial score (nSPS) is 20.4. The average molecular weight is 441 g/mol. The molecule has 1 heterocycles. The quantitative estimate of drug-likeness (QED) is 0.740. The van der Waals surface area contributed by atoms with Crippen LogP contribution in [-0.4, -0.2) is 28.0 Å². The van der Waals surface area contributed by atoms with Crippen LogP contribution in [0.2, 0.25) is 0 Å². The Morgan fingerprint density at radius 2 is 1.92 bits per heavy atom. The first-order chi connectivity index (χ1) is 11.6. The highest BCUT2D eigenvalue weighted by Gasteiger charge is 2.24. The molecule has 1 aliphatic carbocycles. The highest BCUT2D eigenvalue weighted by Crippen LogP contribution is 2.22. The molecule has 7 heteroatoms. The van der Waals surface area contributed by atoms with Gasteiger partial charge in [-0.15, -0.1) is 0 Å². The zero-order chi connectivity index (χ0) is 16.9. The SMILES string of the molecule is O=C(NC1CCC(Oc2ncc(F)cn2)CC1)c1cccc(I)c1. The number of aromatic nitrogens is 2. The third-order valence-electron chi connectivity index (χ3n) is 3.96. The van der Waals surface area contributed by atoms with Gasteiger partial charge in [0.15, 0.2) is 5.82 Å². The Hall–Kier alpha value is -1.77. The Balaban J connectivity index is 1.48. The van der Waals surface area contributed by atoms with E-state index in [0.29, 0.717) is 5.56 Å². The molecule has 24 heavy (non-hydrogen) atoms. The Morgan fingerprint density at radius 1 is 1.21 bits per heavy atom. The minimum Gasteiger partial charge on any atom is -0.460 e. The molecule has 0 radical (unpaired) electrons.